The highest BCUT2D eigenvalue weighted by molar-refractivity contribution is 5.85. The normalized spacial score (nSPS) is 18.1. The summed E-state index contributed by atoms with van der Waals surface area (Å²) in [7, 11) is 0. The first kappa shape index (κ1) is 32.2. The Morgan fingerprint density at radius 3 is 1.97 bits per heavy atom. The molecule has 0 aliphatic carbocycles. The average Bonchev–Trinajstić information content (AvgIpc) is 3.24. The summed E-state index contributed by atoms with van der Waals surface area (Å²) < 4.78 is 15.7. The van der Waals surface area contributed by atoms with E-state index in [0.717, 1.165) is 19.3 Å². The first-order chi connectivity index (χ1) is 17.3. The lowest BCUT2D eigenvalue weighted by Gasteiger charge is -2.21. The number of rotatable bonds is 20. The van der Waals surface area contributed by atoms with Crippen LogP contribution in [0.1, 0.15) is 124 Å². The van der Waals surface area contributed by atoms with Crippen LogP contribution in [0.2, 0.25) is 0 Å². The minimum atomic E-state index is -0.683. The predicted molar refractivity (Wildman–Crippen MR) is 141 cm³/mol. The number of esters is 1. The van der Waals surface area contributed by atoms with Crippen molar-refractivity contribution >= 4 is 18.0 Å². The van der Waals surface area contributed by atoms with Gasteiger partial charge in [-0.05, 0) is 18.8 Å². The van der Waals surface area contributed by atoms with E-state index in [1.54, 1.807) is 0 Å². The van der Waals surface area contributed by atoms with Crippen molar-refractivity contribution < 1.29 is 28.6 Å². The summed E-state index contributed by atoms with van der Waals surface area (Å²) in [5.74, 6) is -0.480. The van der Waals surface area contributed by atoms with Crippen LogP contribution in [0.5, 0.6) is 0 Å². The SMILES string of the molecule is CCCCCCCCCCCCCCCOC(=O)N[C@@H](CC(C)C)C(=O)NC1CO[C@@H](OC(C)=O)C1. The number of carbonyl (C=O) groups is 3. The largest absolute Gasteiger partial charge is 0.450 e. The summed E-state index contributed by atoms with van der Waals surface area (Å²) in [6, 6.07) is -0.947. The maximum atomic E-state index is 12.8. The molecule has 0 bridgehead atoms. The molecule has 0 saturated carbocycles. The number of amides is 2. The molecule has 1 rings (SSSR count). The molecular weight excluding hydrogens is 460 g/mol. The molecule has 210 valence electrons. The highest BCUT2D eigenvalue weighted by atomic mass is 16.7. The molecule has 1 aliphatic heterocycles. The molecule has 1 unspecified atom stereocenters. The summed E-state index contributed by atoms with van der Waals surface area (Å²) >= 11 is 0. The predicted octanol–water partition coefficient (Wildman–Crippen LogP) is 6.01. The standard InChI is InChI=1S/C28H52N2O6/c1-5-6-7-8-9-10-11-12-13-14-15-16-17-18-34-28(33)30-25(19-22(2)3)27(32)29-24-20-26(35-21-24)36-23(4)31/h22,24-26H,5-21H2,1-4H3,(H,29,32)(H,30,33)/t24?,25-,26-/m0/s1. The van der Waals surface area contributed by atoms with E-state index < -0.39 is 24.4 Å². The van der Waals surface area contributed by atoms with Gasteiger partial charge in [-0.1, -0.05) is 97.8 Å². The van der Waals surface area contributed by atoms with Crippen LogP contribution >= 0.6 is 0 Å². The summed E-state index contributed by atoms with van der Waals surface area (Å²) in [4.78, 5) is 36.1. The van der Waals surface area contributed by atoms with E-state index in [0.29, 0.717) is 19.4 Å². The Kier molecular flexibility index (Phi) is 18.1. The second-order valence-electron chi connectivity index (χ2n) is 10.5. The lowest BCUT2D eigenvalue weighted by atomic mass is 10.0. The van der Waals surface area contributed by atoms with Crippen LogP contribution in [-0.2, 0) is 23.8 Å². The van der Waals surface area contributed by atoms with Gasteiger partial charge in [0.2, 0.25) is 12.2 Å². The quantitative estimate of drug-likeness (QED) is 0.153. The Morgan fingerprint density at radius 1 is 0.889 bits per heavy atom. The molecule has 0 aromatic heterocycles. The van der Waals surface area contributed by atoms with Crippen molar-refractivity contribution in [3.8, 4) is 0 Å². The van der Waals surface area contributed by atoms with Gasteiger partial charge >= 0.3 is 12.1 Å². The molecular formula is C28H52N2O6. The molecule has 1 heterocycles. The summed E-state index contributed by atoms with van der Waals surface area (Å²) in [5.41, 5.74) is 0. The van der Waals surface area contributed by atoms with Crippen molar-refractivity contribution in [2.75, 3.05) is 13.2 Å². The summed E-state index contributed by atoms with van der Waals surface area (Å²) in [6.45, 7) is 8.19. The van der Waals surface area contributed by atoms with Gasteiger partial charge in [0.15, 0.2) is 0 Å². The van der Waals surface area contributed by atoms with Gasteiger partial charge in [0.25, 0.3) is 0 Å². The second-order valence-corrected chi connectivity index (χ2v) is 10.5. The number of hydrogen-bond acceptors (Lipinski definition) is 6. The molecule has 8 nitrogen and oxygen atoms in total. The van der Waals surface area contributed by atoms with E-state index in [4.69, 9.17) is 14.2 Å². The number of hydrogen-bond donors (Lipinski definition) is 2. The second kappa shape index (κ2) is 20.3. The van der Waals surface area contributed by atoms with Crippen molar-refractivity contribution in [2.45, 2.75) is 142 Å². The molecule has 8 heteroatoms. The zero-order chi connectivity index (χ0) is 26.6. The van der Waals surface area contributed by atoms with Crippen molar-refractivity contribution in [2.24, 2.45) is 5.92 Å². The highest BCUT2D eigenvalue weighted by Crippen LogP contribution is 2.16. The van der Waals surface area contributed by atoms with Crippen LogP contribution < -0.4 is 10.6 Å². The summed E-state index contributed by atoms with van der Waals surface area (Å²) in [6.07, 6.45) is 16.1. The van der Waals surface area contributed by atoms with Crippen LogP contribution in [0.3, 0.4) is 0 Å². The Hall–Kier alpha value is -1.83. The Labute approximate surface area is 219 Å². The van der Waals surface area contributed by atoms with E-state index >= 15 is 0 Å². The lowest BCUT2D eigenvalue weighted by Crippen LogP contribution is -2.50. The average molecular weight is 513 g/mol. The van der Waals surface area contributed by atoms with Crippen LogP contribution in [0, 0.1) is 5.92 Å². The van der Waals surface area contributed by atoms with Crippen LogP contribution in [0.4, 0.5) is 4.79 Å². The Morgan fingerprint density at radius 2 is 1.44 bits per heavy atom. The lowest BCUT2D eigenvalue weighted by molar-refractivity contribution is -0.166. The third kappa shape index (κ3) is 16.8. The molecule has 1 aliphatic rings. The molecule has 2 N–H and O–H groups in total. The number of ether oxygens (including phenoxy) is 3. The third-order valence-electron chi connectivity index (χ3n) is 6.40. The summed E-state index contributed by atoms with van der Waals surface area (Å²) in [5, 5.41) is 5.60. The van der Waals surface area contributed by atoms with Gasteiger partial charge in [-0.3, -0.25) is 9.59 Å². The minimum Gasteiger partial charge on any atom is -0.450 e. The topological polar surface area (TPSA) is 103 Å². The zero-order valence-corrected chi connectivity index (χ0v) is 23.3. The number of unbranched alkanes of at least 4 members (excludes halogenated alkanes) is 12. The number of alkyl carbamates (subject to hydrolysis) is 1. The monoisotopic (exact) mass is 512 g/mol. The molecule has 0 aromatic rings. The molecule has 36 heavy (non-hydrogen) atoms. The molecule has 0 aromatic carbocycles. The van der Waals surface area contributed by atoms with E-state index in [9.17, 15) is 14.4 Å². The van der Waals surface area contributed by atoms with Crippen molar-refractivity contribution in [1.82, 2.24) is 10.6 Å². The Balaban J connectivity index is 2.13. The Bertz CT molecular complexity index is 613. The molecule has 0 radical (unpaired) electrons. The fourth-order valence-electron chi connectivity index (χ4n) is 4.43. The molecule has 2 amide bonds. The molecule has 3 atom stereocenters. The van der Waals surface area contributed by atoms with Gasteiger partial charge in [0.05, 0.1) is 19.3 Å². The number of carbonyl (C=O) groups excluding carboxylic acids is 3. The van der Waals surface area contributed by atoms with Gasteiger partial charge in [-0.15, -0.1) is 0 Å². The van der Waals surface area contributed by atoms with Crippen LogP contribution in [0.15, 0.2) is 0 Å². The third-order valence-corrected chi connectivity index (χ3v) is 6.40. The van der Waals surface area contributed by atoms with E-state index in [-0.39, 0.29) is 24.5 Å². The van der Waals surface area contributed by atoms with Crippen LogP contribution in [-0.4, -0.2) is 49.6 Å². The van der Waals surface area contributed by atoms with E-state index in [1.807, 2.05) is 13.8 Å². The first-order valence-electron chi connectivity index (χ1n) is 14.3. The fraction of sp³-hybridized carbons (Fsp3) is 0.893. The maximum Gasteiger partial charge on any atom is 0.407 e. The van der Waals surface area contributed by atoms with Crippen molar-refractivity contribution in [3.63, 3.8) is 0 Å². The van der Waals surface area contributed by atoms with Gasteiger partial charge in [-0.2, -0.15) is 0 Å². The van der Waals surface area contributed by atoms with Crippen molar-refractivity contribution in [3.05, 3.63) is 0 Å². The zero-order valence-electron chi connectivity index (χ0n) is 23.3. The molecule has 0 spiro atoms. The number of nitrogens with one attached hydrogen (secondary N) is 2. The fourth-order valence-corrected chi connectivity index (χ4v) is 4.43. The molecule has 1 fully saturated rings. The smallest absolute Gasteiger partial charge is 0.407 e. The minimum absolute atomic E-state index is 0.218. The van der Waals surface area contributed by atoms with Gasteiger partial charge in [0, 0.05) is 13.3 Å². The van der Waals surface area contributed by atoms with Crippen molar-refractivity contribution in [1.29, 1.82) is 0 Å². The van der Waals surface area contributed by atoms with Crippen LogP contribution in [0.25, 0.3) is 0 Å². The highest BCUT2D eigenvalue weighted by Gasteiger charge is 2.31. The van der Waals surface area contributed by atoms with Gasteiger partial charge in [0.1, 0.15) is 6.04 Å². The molecule has 1 saturated heterocycles. The van der Waals surface area contributed by atoms with Gasteiger partial charge in [-0.25, -0.2) is 4.79 Å². The van der Waals surface area contributed by atoms with E-state index in [1.165, 1.54) is 71.1 Å². The first-order valence-corrected chi connectivity index (χ1v) is 14.3. The maximum absolute atomic E-state index is 12.8. The van der Waals surface area contributed by atoms with E-state index in [2.05, 4.69) is 17.6 Å². The van der Waals surface area contributed by atoms with Gasteiger partial charge < -0.3 is 24.8 Å².